The van der Waals surface area contributed by atoms with Crippen LogP contribution in [0.4, 0.5) is 13.2 Å². The van der Waals surface area contributed by atoms with Crippen molar-refractivity contribution in [1.82, 2.24) is 55.1 Å². The molecule has 22 nitrogen and oxygen atoms in total. The highest BCUT2D eigenvalue weighted by atomic mass is 35.5. The Morgan fingerprint density at radius 2 is 1.24 bits per heavy atom. The van der Waals surface area contributed by atoms with Crippen LogP contribution in [0.1, 0.15) is 183 Å². The Labute approximate surface area is 548 Å². The molecular formula is C66H107ClF3N11O11. The lowest BCUT2D eigenvalue weighted by atomic mass is 9.78. The first-order valence-corrected chi connectivity index (χ1v) is 34.4. The molecule has 0 aromatic rings. The van der Waals surface area contributed by atoms with Gasteiger partial charge in [-0.25, -0.2) is 0 Å². The Kier molecular flexibility index (Phi) is 26.7. The molecule has 0 radical (unpaired) electrons. The molecule has 3 heterocycles. The van der Waals surface area contributed by atoms with E-state index in [1.807, 2.05) is 20.8 Å². The maximum absolute atomic E-state index is 15.1. The average Bonchev–Trinajstić information content (AvgIpc) is 1.05. The van der Waals surface area contributed by atoms with Gasteiger partial charge in [0.1, 0.15) is 47.8 Å². The minimum atomic E-state index is -4.49. The second-order valence-corrected chi connectivity index (χ2v) is 29.2. The van der Waals surface area contributed by atoms with Gasteiger partial charge < -0.3 is 55.1 Å². The molecule has 1 spiro atoms. The maximum atomic E-state index is 15.1. The highest BCUT2D eigenvalue weighted by molar-refractivity contribution is 6.20. The van der Waals surface area contributed by atoms with Crippen LogP contribution in [-0.2, 0) is 52.7 Å². The van der Waals surface area contributed by atoms with Gasteiger partial charge in [-0.3, -0.25) is 52.7 Å². The van der Waals surface area contributed by atoms with Gasteiger partial charge in [0.25, 0.3) is 0 Å². The first-order valence-electron chi connectivity index (χ1n) is 33.9. The summed E-state index contributed by atoms with van der Waals surface area (Å²) in [7, 11) is 8.91. The quantitative estimate of drug-likeness (QED) is 0.224. The number of likely N-dealkylation sites (N-methyl/N-ethyl adjacent to an activating group) is 6. The van der Waals surface area contributed by atoms with Gasteiger partial charge in [0, 0.05) is 73.2 Å². The summed E-state index contributed by atoms with van der Waals surface area (Å²) in [5.74, 6) is -9.16. The van der Waals surface area contributed by atoms with Gasteiger partial charge in [-0.1, -0.05) is 92.9 Å². The summed E-state index contributed by atoms with van der Waals surface area (Å²) in [6, 6.07) is -8.44. The molecule has 0 aromatic heterocycles. The maximum Gasteiger partial charge on any atom is 0.393 e. The molecular weight excluding hydrogens is 1220 g/mol. The number of hydrogen-bond donors (Lipinski definition) is 3. The predicted octanol–water partition coefficient (Wildman–Crippen LogP) is 5.71. The minimum Gasteiger partial charge on any atom is -0.343 e. The number of amides is 11. The van der Waals surface area contributed by atoms with Crippen LogP contribution in [0.15, 0.2) is 0 Å². The molecule has 3 unspecified atom stereocenters. The highest BCUT2D eigenvalue weighted by Crippen LogP contribution is 2.44. The van der Waals surface area contributed by atoms with Crippen LogP contribution < -0.4 is 16.0 Å². The number of alkyl halides is 4. The number of hydrogen-bond acceptors (Lipinski definition) is 11. The Morgan fingerprint density at radius 3 is 1.82 bits per heavy atom. The van der Waals surface area contributed by atoms with E-state index in [2.05, 4.69) is 16.0 Å². The molecule has 6 aliphatic rings. The number of rotatable bonds is 10. The molecule has 11 amide bonds. The number of nitrogens with one attached hydrogen (secondary N) is 3. The van der Waals surface area contributed by atoms with Crippen molar-refractivity contribution in [3.63, 3.8) is 0 Å². The molecule has 0 bridgehead atoms. The molecule has 12 atom stereocenters. The van der Waals surface area contributed by atoms with Gasteiger partial charge in [-0.2, -0.15) is 13.2 Å². The first-order chi connectivity index (χ1) is 43.1. The summed E-state index contributed by atoms with van der Waals surface area (Å²) in [5.41, 5.74) is -1.48. The Hall–Kier alpha value is -5.75. The van der Waals surface area contributed by atoms with E-state index in [-0.39, 0.29) is 108 Å². The molecule has 3 N–H and O–H groups in total. The van der Waals surface area contributed by atoms with E-state index in [9.17, 15) is 56.3 Å². The van der Waals surface area contributed by atoms with E-state index in [0.29, 0.717) is 25.7 Å². The zero-order chi connectivity index (χ0) is 68.4. The summed E-state index contributed by atoms with van der Waals surface area (Å²) >= 11 is 6.38. The van der Waals surface area contributed by atoms with Gasteiger partial charge in [-0.05, 0) is 114 Å². The fraction of sp³-hybridized carbons (Fsp3) is 0.833. The van der Waals surface area contributed by atoms with Crippen molar-refractivity contribution in [3.05, 3.63) is 0 Å². The van der Waals surface area contributed by atoms with Crippen molar-refractivity contribution in [2.45, 2.75) is 249 Å². The highest BCUT2D eigenvalue weighted by Gasteiger charge is 2.51. The molecule has 3 aliphatic carbocycles. The summed E-state index contributed by atoms with van der Waals surface area (Å²) in [5, 5.41) is 7.60. The Bertz CT molecular complexity index is 2660. The van der Waals surface area contributed by atoms with Gasteiger partial charge in [0.05, 0.1) is 19.0 Å². The fourth-order valence-electron chi connectivity index (χ4n) is 14.9. The smallest absolute Gasteiger partial charge is 0.343 e. The topological polar surface area (TPSA) is 250 Å². The third-order valence-corrected chi connectivity index (χ3v) is 21.6. The molecule has 3 saturated carbocycles. The van der Waals surface area contributed by atoms with Gasteiger partial charge >= 0.3 is 6.18 Å². The van der Waals surface area contributed by atoms with Crippen LogP contribution in [0, 0.1) is 35.5 Å². The van der Waals surface area contributed by atoms with Crippen molar-refractivity contribution in [1.29, 1.82) is 0 Å². The zero-order valence-corrected chi connectivity index (χ0v) is 57.7. The number of fused-ring (bicyclic) bond motifs is 2. The van der Waals surface area contributed by atoms with Crippen molar-refractivity contribution >= 4 is 76.6 Å². The molecule has 92 heavy (non-hydrogen) atoms. The third kappa shape index (κ3) is 18.2. The fourth-order valence-corrected chi connectivity index (χ4v) is 15.4. The van der Waals surface area contributed by atoms with Crippen molar-refractivity contribution in [3.8, 4) is 0 Å². The van der Waals surface area contributed by atoms with E-state index >= 15 is 9.59 Å². The van der Waals surface area contributed by atoms with Crippen molar-refractivity contribution < 1.29 is 65.9 Å². The number of carbonyl (C=O) groups excluding carboxylic acids is 11. The lowest BCUT2D eigenvalue weighted by Crippen LogP contribution is -2.64. The molecule has 520 valence electrons. The average molecular weight is 1320 g/mol. The van der Waals surface area contributed by atoms with Crippen LogP contribution in [0.2, 0.25) is 0 Å². The summed E-state index contributed by atoms with van der Waals surface area (Å²) in [6.07, 6.45) is 3.30. The molecule has 6 fully saturated rings. The zero-order valence-electron chi connectivity index (χ0n) is 56.9. The van der Waals surface area contributed by atoms with E-state index < -0.39 is 161 Å². The molecule has 3 saturated heterocycles. The molecule has 3 aliphatic heterocycles. The normalized spacial score (nSPS) is 30.9. The van der Waals surface area contributed by atoms with E-state index in [4.69, 9.17) is 11.6 Å². The Balaban J connectivity index is 1.36. The molecule has 26 heteroatoms. The summed E-state index contributed by atoms with van der Waals surface area (Å²) in [4.78, 5) is 172. The van der Waals surface area contributed by atoms with Crippen molar-refractivity contribution in [2.24, 2.45) is 35.5 Å². The summed E-state index contributed by atoms with van der Waals surface area (Å²) in [6.45, 7) is 12.0. The summed E-state index contributed by atoms with van der Waals surface area (Å²) < 4.78 is 41.8. The second-order valence-electron chi connectivity index (χ2n) is 28.6. The lowest BCUT2D eigenvalue weighted by Gasteiger charge is -2.44. The van der Waals surface area contributed by atoms with Crippen LogP contribution in [0.5, 0.6) is 0 Å². The molecule has 6 rings (SSSR count). The largest absolute Gasteiger partial charge is 0.393 e. The number of nitrogens with zero attached hydrogens (tertiary/aromatic N) is 8. The van der Waals surface area contributed by atoms with Crippen molar-refractivity contribution in [2.75, 3.05) is 68.5 Å². The minimum absolute atomic E-state index is 0.0176. The standard InChI is InChI=1S/C66H107ClF3N11O11/c1-14-41(6)55-62(90)75(9)38-54(84)80-32-28-49(80)61(89)78(12)51(36-43-21-16-15-17-22-43)60(88)74(8)37-52(82)71-47(27-25-44-24-26-45(46(67)35-44)66(68,69)70)59(87)81-31-20-23-48(81)58(86)73-65(29-18-19-30-65)64(92)79(13)56(40(4)5)63(91)76(10)42(7)34-53(83)77(11)50(33-39(2)3)57(85)72-55/h39-51,55-56H,14-38H2,1-13H3,(H,71,82)(H,72,85)(H,73,86)/t41-,42+,44?,45?,46?,47-,48-,49-,50-,51-,55-,56-/m0/s1. The molecule has 0 aromatic carbocycles. The second kappa shape index (κ2) is 32.6. The van der Waals surface area contributed by atoms with Gasteiger partial charge in [0.2, 0.25) is 65.0 Å². The van der Waals surface area contributed by atoms with E-state index in [0.717, 1.165) is 32.1 Å². The van der Waals surface area contributed by atoms with E-state index in [1.165, 1.54) is 81.5 Å². The predicted molar refractivity (Wildman–Crippen MR) is 341 cm³/mol. The van der Waals surface area contributed by atoms with Crippen LogP contribution >= 0.6 is 11.6 Å². The Morgan fingerprint density at radius 1 is 0.598 bits per heavy atom. The van der Waals surface area contributed by atoms with Gasteiger partial charge in [0.15, 0.2) is 0 Å². The van der Waals surface area contributed by atoms with E-state index in [1.54, 1.807) is 27.7 Å². The number of halogens is 4. The lowest BCUT2D eigenvalue weighted by molar-refractivity contribution is -0.182. The number of carbonyl (C=O) groups is 11. The first kappa shape index (κ1) is 75.3. The SMILES string of the molecule is CC[C@H](C)[C@@H]1NC(=O)[C@H](CC(C)C)N(C)C(=O)C[C@@H](C)N(C)C(=O)[C@H](C(C)C)N(C)C(=O)C2(CCCC2)NC(=O)[C@@H]2CCCN2C(=O)[C@H](CCC2CCC(C(F)(F)F)C(Cl)C2)NC(=O)CN(C)C(=O)[C@H](CC2CCCCC2)N(C)C(=O)[C@@H]2CCN2C(=O)CN(C)C1=O. The van der Waals surface area contributed by atoms with Crippen LogP contribution in [-0.4, -0.2) is 238 Å². The van der Waals surface area contributed by atoms with Crippen LogP contribution in [0.3, 0.4) is 0 Å². The van der Waals surface area contributed by atoms with Crippen LogP contribution in [0.25, 0.3) is 0 Å². The van der Waals surface area contributed by atoms with Gasteiger partial charge in [-0.15, -0.1) is 11.6 Å². The monoisotopic (exact) mass is 1320 g/mol. The third-order valence-electron chi connectivity index (χ3n) is 21.1.